The molecule has 1 saturated heterocycles. The number of nitrogens with zero attached hydrogens (tertiary/aromatic N) is 2. The number of ether oxygens (including phenoxy) is 2. The van der Waals surface area contributed by atoms with Crippen LogP contribution in [0.5, 0.6) is 0 Å². The number of hydrogen-bond donors (Lipinski definition) is 2. The van der Waals surface area contributed by atoms with Crippen LogP contribution in [0.4, 0.5) is 19.0 Å². The van der Waals surface area contributed by atoms with Gasteiger partial charge in [-0.25, -0.2) is 9.97 Å². The summed E-state index contributed by atoms with van der Waals surface area (Å²) in [6.07, 6.45) is 0.181. The van der Waals surface area contributed by atoms with Crippen molar-refractivity contribution in [1.29, 1.82) is 0 Å². The molecule has 1 atom stereocenters. The van der Waals surface area contributed by atoms with E-state index < -0.39 is 24.1 Å². The van der Waals surface area contributed by atoms with Crippen LogP contribution in [-0.4, -0.2) is 35.1 Å². The summed E-state index contributed by atoms with van der Waals surface area (Å²) < 4.78 is 51.1. The maximum absolute atomic E-state index is 13.2. The third-order valence-electron chi connectivity index (χ3n) is 6.36. The van der Waals surface area contributed by atoms with E-state index in [9.17, 15) is 18.0 Å². The number of anilines is 1. The molecule has 2 heterocycles. The van der Waals surface area contributed by atoms with Crippen LogP contribution in [-0.2, 0) is 26.9 Å². The number of amides is 1. The fraction of sp³-hybridized carbons (Fsp3) is 0.560. The van der Waals surface area contributed by atoms with E-state index in [0.29, 0.717) is 41.7 Å². The van der Waals surface area contributed by atoms with Crippen molar-refractivity contribution in [2.45, 2.75) is 76.9 Å². The SMILES string of the molecule is Cc1nc(CC(=O)NC2CCCCC2)c(C2OCCO2)c(N[C@H](C)c2cccc(C(F)(F)F)c2)n1. The van der Waals surface area contributed by atoms with Crippen LogP contribution in [0.15, 0.2) is 24.3 Å². The van der Waals surface area contributed by atoms with Gasteiger partial charge in [0.05, 0.1) is 36.5 Å². The van der Waals surface area contributed by atoms with Gasteiger partial charge in [0.15, 0.2) is 6.29 Å². The highest BCUT2D eigenvalue weighted by molar-refractivity contribution is 5.79. The molecule has 2 N–H and O–H groups in total. The van der Waals surface area contributed by atoms with E-state index in [1.807, 2.05) is 0 Å². The molecular weight excluding hydrogens is 461 g/mol. The van der Waals surface area contributed by atoms with Crippen molar-refractivity contribution in [3.63, 3.8) is 0 Å². The Hall–Kier alpha value is -2.72. The summed E-state index contributed by atoms with van der Waals surface area (Å²) in [7, 11) is 0. The third-order valence-corrected chi connectivity index (χ3v) is 6.36. The summed E-state index contributed by atoms with van der Waals surface area (Å²) in [5.74, 6) is 0.687. The lowest BCUT2D eigenvalue weighted by atomic mass is 9.95. The predicted octanol–water partition coefficient (Wildman–Crippen LogP) is 5.01. The fourth-order valence-electron chi connectivity index (χ4n) is 4.61. The molecule has 190 valence electrons. The maximum Gasteiger partial charge on any atom is 0.416 e. The van der Waals surface area contributed by atoms with Crippen molar-refractivity contribution in [3.8, 4) is 0 Å². The number of carbonyl (C=O) groups is 1. The molecule has 2 aromatic rings. The summed E-state index contributed by atoms with van der Waals surface area (Å²) in [4.78, 5) is 21.9. The number of hydrogen-bond acceptors (Lipinski definition) is 6. The molecule has 2 aliphatic rings. The normalized spacial score (nSPS) is 18.4. The molecule has 1 aromatic carbocycles. The van der Waals surface area contributed by atoms with E-state index in [1.165, 1.54) is 12.5 Å². The number of carbonyl (C=O) groups excluding carboxylic acids is 1. The number of rotatable bonds is 7. The fourth-order valence-corrected chi connectivity index (χ4v) is 4.61. The predicted molar refractivity (Wildman–Crippen MR) is 124 cm³/mol. The molecule has 7 nitrogen and oxygen atoms in total. The summed E-state index contributed by atoms with van der Waals surface area (Å²) in [6, 6.07) is 4.83. The Bertz CT molecular complexity index is 1040. The number of alkyl halides is 3. The molecule has 4 rings (SSSR count). The van der Waals surface area contributed by atoms with Crippen LogP contribution in [0.25, 0.3) is 0 Å². The van der Waals surface area contributed by atoms with Gasteiger partial charge in [0.1, 0.15) is 11.6 Å². The monoisotopic (exact) mass is 492 g/mol. The lowest BCUT2D eigenvalue weighted by Crippen LogP contribution is -2.37. The topological polar surface area (TPSA) is 85.4 Å². The Morgan fingerprint density at radius 1 is 1.14 bits per heavy atom. The maximum atomic E-state index is 13.2. The van der Waals surface area contributed by atoms with Crippen LogP contribution in [0.3, 0.4) is 0 Å². The highest BCUT2D eigenvalue weighted by atomic mass is 19.4. The van der Waals surface area contributed by atoms with E-state index in [4.69, 9.17) is 9.47 Å². The first kappa shape index (κ1) is 25.4. The minimum absolute atomic E-state index is 0.0328. The summed E-state index contributed by atoms with van der Waals surface area (Å²) in [6.45, 7) is 4.23. The third kappa shape index (κ3) is 6.49. The van der Waals surface area contributed by atoms with E-state index >= 15 is 0 Å². The molecule has 1 aromatic heterocycles. The number of nitrogens with one attached hydrogen (secondary N) is 2. The summed E-state index contributed by atoms with van der Waals surface area (Å²) >= 11 is 0. The van der Waals surface area contributed by atoms with Gasteiger partial charge < -0.3 is 20.1 Å². The van der Waals surface area contributed by atoms with Crippen LogP contribution in [0.1, 0.15) is 79.6 Å². The smallest absolute Gasteiger partial charge is 0.363 e. The molecule has 10 heteroatoms. The average molecular weight is 493 g/mol. The second kappa shape index (κ2) is 10.9. The molecule has 1 amide bonds. The number of aryl methyl sites for hydroxylation is 1. The van der Waals surface area contributed by atoms with Crippen LogP contribution < -0.4 is 10.6 Å². The zero-order valence-electron chi connectivity index (χ0n) is 20.0. The minimum atomic E-state index is -4.43. The lowest BCUT2D eigenvalue weighted by molar-refractivity contribution is -0.137. The zero-order chi connectivity index (χ0) is 25.0. The minimum Gasteiger partial charge on any atom is -0.363 e. The first-order valence-corrected chi connectivity index (χ1v) is 12.0. The van der Waals surface area contributed by atoms with Crippen molar-refractivity contribution in [3.05, 3.63) is 52.5 Å². The Kier molecular flexibility index (Phi) is 7.91. The Morgan fingerprint density at radius 2 is 1.86 bits per heavy atom. The van der Waals surface area contributed by atoms with Gasteiger partial charge in [-0.2, -0.15) is 13.2 Å². The standard InChI is InChI=1S/C25H31F3N4O3/c1-15(17-7-6-8-18(13-17)25(26,27)28)29-23-22(24-34-11-12-35-24)20(30-16(2)31-23)14-21(33)32-19-9-4-3-5-10-19/h6-8,13,15,19,24H,3-5,9-12,14H2,1-2H3,(H,32,33)(H,29,30,31)/t15-/m1/s1. The molecular formula is C25H31F3N4O3. The zero-order valence-corrected chi connectivity index (χ0v) is 20.0. The Labute approximate surface area is 202 Å². The van der Waals surface area contributed by atoms with E-state index in [2.05, 4.69) is 20.6 Å². The molecule has 0 bridgehead atoms. The first-order valence-electron chi connectivity index (χ1n) is 12.0. The van der Waals surface area contributed by atoms with Gasteiger partial charge in [-0.05, 0) is 44.4 Å². The summed E-state index contributed by atoms with van der Waals surface area (Å²) in [5.41, 5.74) is 0.722. The quantitative estimate of drug-likeness (QED) is 0.565. The summed E-state index contributed by atoms with van der Waals surface area (Å²) in [5, 5.41) is 6.31. The van der Waals surface area contributed by atoms with E-state index in [0.717, 1.165) is 37.8 Å². The molecule has 0 unspecified atom stereocenters. The van der Waals surface area contributed by atoms with Crippen molar-refractivity contribution in [1.82, 2.24) is 15.3 Å². The van der Waals surface area contributed by atoms with Gasteiger partial charge in [0.2, 0.25) is 5.91 Å². The van der Waals surface area contributed by atoms with Gasteiger partial charge in [0.25, 0.3) is 0 Å². The van der Waals surface area contributed by atoms with Crippen molar-refractivity contribution in [2.24, 2.45) is 0 Å². The highest BCUT2D eigenvalue weighted by Crippen LogP contribution is 2.35. The molecule has 1 aliphatic heterocycles. The number of aromatic nitrogens is 2. The van der Waals surface area contributed by atoms with E-state index in [-0.39, 0.29) is 18.4 Å². The molecule has 2 fully saturated rings. The second-order valence-corrected chi connectivity index (χ2v) is 9.12. The molecule has 35 heavy (non-hydrogen) atoms. The molecule has 0 spiro atoms. The van der Waals surface area contributed by atoms with E-state index in [1.54, 1.807) is 19.9 Å². The molecule has 1 aliphatic carbocycles. The molecule has 0 radical (unpaired) electrons. The van der Waals surface area contributed by atoms with Gasteiger partial charge in [-0.1, -0.05) is 31.4 Å². The molecule has 1 saturated carbocycles. The van der Waals surface area contributed by atoms with Crippen LogP contribution in [0.2, 0.25) is 0 Å². The number of benzene rings is 1. The average Bonchev–Trinajstić information content (AvgIpc) is 3.33. The van der Waals surface area contributed by atoms with Crippen molar-refractivity contribution in [2.75, 3.05) is 18.5 Å². The van der Waals surface area contributed by atoms with Gasteiger partial charge in [-0.15, -0.1) is 0 Å². The van der Waals surface area contributed by atoms with Gasteiger partial charge >= 0.3 is 6.18 Å². The largest absolute Gasteiger partial charge is 0.416 e. The Morgan fingerprint density at radius 3 is 2.54 bits per heavy atom. The second-order valence-electron chi connectivity index (χ2n) is 9.12. The highest BCUT2D eigenvalue weighted by Gasteiger charge is 2.32. The van der Waals surface area contributed by atoms with Crippen LogP contribution >= 0.6 is 0 Å². The van der Waals surface area contributed by atoms with Crippen molar-refractivity contribution >= 4 is 11.7 Å². The van der Waals surface area contributed by atoms with Crippen LogP contribution in [0, 0.1) is 6.92 Å². The number of halogens is 3. The van der Waals surface area contributed by atoms with Crippen molar-refractivity contribution < 1.29 is 27.4 Å². The van der Waals surface area contributed by atoms with Gasteiger partial charge in [0, 0.05) is 12.1 Å². The Balaban J connectivity index is 1.60. The lowest BCUT2D eigenvalue weighted by Gasteiger charge is -2.24. The first-order chi connectivity index (χ1) is 16.7. The van der Waals surface area contributed by atoms with Gasteiger partial charge in [-0.3, -0.25) is 4.79 Å².